The van der Waals surface area contributed by atoms with Crippen molar-refractivity contribution < 1.29 is 23.6 Å². The van der Waals surface area contributed by atoms with Crippen LogP contribution in [0.4, 0.5) is 0 Å². The van der Waals surface area contributed by atoms with Crippen molar-refractivity contribution in [1.29, 1.82) is 0 Å². The molecule has 17 heavy (non-hydrogen) atoms. The van der Waals surface area contributed by atoms with Crippen LogP contribution >= 0.6 is 0 Å². The second kappa shape index (κ2) is 7.42. The molecule has 0 aromatic carbocycles. The zero-order valence-corrected chi connectivity index (χ0v) is 9.39. The Morgan fingerprint density at radius 1 is 1.41 bits per heavy atom. The minimum atomic E-state index is -0.457. The molecule has 1 heterocycles. The van der Waals surface area contributed by atoms with Crippen LogP contribution in [0.15, 0.2) is 22.8 Å². The molecular formula is C10H14N2O5. The van der Waals surface area contributed by atoms with E-state index in [-0.39, 0.29) is 18.9 Å². The molecule has 0 aliphatic heterocycles. The van der Waals surface area contributed by atoms with Gasteiger partial charge in [-0.2, -0.15) is 0 Å². The second-order valence-electron chi connectivity index (χ2n) is 3.03. The van der Waals surface area contributed by atoms with Crippen molar-refractivity contribution in [3.05, 3.63) is 24.2 Å². The third-order valence-electron chi connectivity index (χ3n) is 1.73. The lowest BCUT2D eigenvalue weighted by Gasteiger charge is -2.05. The van der Waals surface area contributed by atoms with Crippen molar-refractivity contribution in [3.63, 3.8) is 0 Å². The molecule has 1 rings (SSSR count). The van der Waals surface area contributed by atoms with Gasteiger partial charge in [-0.25, -0.2) is 5.48 Å². The average Bonchev–Trinajstić information content (AvgIpc) is 2.85. The van der Waals surface area contributed by atoms with Gasteiger partial charge in [0.1, 0.15) is 0 Å². The van der Waals surface area contributed by atoms with E-state index in [1.54, 1.807) is 6.07 Å². The molecule has 94 valence electrons. The predicted molar refractivity (Wildman–Crippen MR) is 57.0 cm³/mol. The highest BCUT2D eigenvalue weighted by molar-refractivity contribution is 5.93. The molecule has 1 aromatic rings. The monoisotopic (exact) mass is 242 g/mol. The Hall–Kier alpha value is -1.86. The van der Waals surface area contributed by atoms with E-state index in [1.165, 1.54) is 19.4 Å². The molecule has 2 amide bonds. The maximum atomic E-state index is 11.3. The van der Waals surface area contributed by atoms with Crippen LogP contribution in [-0.4, -0.2) is 38.7 Å². The van der Waals surface area contributed by atoms with Crippen molar-refractivity contribution in [2.45, 2.75) is 0 Å². The fourth-order valence-electron chi connectivity index (χ4n) is 0.948. The largest absolute Gasteiger partial charge is 0.459 e. The Morgan fingerprint density at radius 3 is 2.88 bits per heavy atom. The summed E-state index contributed by atoms with van der Waals surface area (Å²) in [7, 11) is 1.52. The maximum Gasteiger partial charge on any atom is 0.287 e. The molecular weight excluding hydrogens is 228 g/mol. The number of rotatable bonds is 7. The first-order valence-electron chi connectivity index (χ1n) is 4.95. The van der Waals surface area contributed by atoms with Gasteiger partial charge in [-0.05, 0) is 12.1 Å². The van der Waals surface area contributed by atoms with E-state index in [2.05, 4.69) is 10.8 Å². The van der Waals surface area contributed by atoms with Gasteiger partial charge < -0.3 is 14.5 Å². The van der Waals surface area contributed by atoms with Gasteiger partial charge >= 0.3 is 0 Å². The Bertz CT molecular complexity index is 350. The standard InChI is InChI=1S/C10H14N2O5/c1-15-5-6-17-12-9(13)7-11-10(14)8-3-2-4-16-8/h2-4H,5-7H2,1H3,(H,11,14)(H,12,13). The summed E-state index contributed by atoms with van der Waals surface area (Å²) in [5.41, 5.74) is 2.15. The Morgan fingerprint density at radius 2 is 2.24 bits per heavy atom. The van der Waals surface area contributed by atoms with Crippen LogP contribution in [0, 0.1) is 0 Å². The summed E-state index contributed by atoms with van der Waals surface area (Å²) in [6.07, 6.45) is 1.38. The molecule has 0 saturated heterocycles. The molecule has 7 heteroatoms. The van der Waals surface area contributed by atoms with Crippen LogP contribution in [-0.2, 0) is 14.4 Å². The van der Waals surface area contributed by atoms with E-state index >= 15 is 0 Å². The zero-order chi connectivity index (χ0) is 12.5. The molecule has 0 spiro atoms. The van der Waals surface area contributed by atoms with Gasteiger partial charge in [-0.3, -0.25) is 14.4 Å². The topological polar surface area (TPSA) is 89.8 Å². The number of carbonyl (C=O) groups is 2. The van der Waals surface area contributed by atoms with Crippen molar-refractivity contribution in [1.82, 2.24) is 10.8 Å². The number of hydrogen-bond donors (Lipinski definition) is 2. The number of nitrogens with one attached hydrogen (secondary N) is 2. The molecule has 0 saturated carbocycles. The van der Waals surface area contributed by atoms with Crippen LogP contribution in [0.1, 0.15) is 10.6 Å². The number of ether oxygens (including phenoxy) is 1. The molecule has 2 N–H and O–H groups in total. The molecule has 0 aliphatic carbocycles. The van der Waals surface area contributed by atoms with Crippen molar-refractivity contribution >= 4 is 11.8 Å². The first kappa shape index (κ1) is 13.2. The predicted octanol–water partition coefficient (Wildman–Crippen LogP) is -0.296. The molecule has 0 radical (unpaired) electrons. The normalized spacial score (nSPS) is 9.94. The zero-order valence-electron chi connectivity index (χ0n) is 9.39. The van der Waals surface area contributed by atoms with Crippen LogP contribution in [0.2, 0.25) is 0 Å². The minimum Gasteiger partial charge on any atom is -0.459 e. The van der Waals surface area contributed by atoms with Crippen LogP contribution in [0.5, 0.6) is 0 Å². The Kier molecular flexibility index (Phi) is 5.76. The Balaban J connectivity index is 2.13. The van der Waals surface area contributed by atoms with E-state index in [4.69, 9.17) is 14.0 Å². The van der Waals surface area contributed by atoms with Gasteiger partial charge in [0.05, 0.1) is 26.0 Å². The van der Waals surface area contributed by atoms with E-state index in [1.807, 2.05) is 0 Å². The maximum absolute atomic E-state index is 11.3. The summed E-state index contributed by atoms with van der Waals surface area (Å²) < 4.78 is 9.56. The van der Waals surface area contributed by atoms with Gasteiger partial charge in [0.2, 0.25) is 0 Å². The van der Waals surface area contributed by atoms with Gasteiger partial charge in [0.15, 0.2) is 5.76 Å². The highest BCUT2D eigenvalue weighted by Gasteiger charge is 2.09. The lowest BCUT2D eigenvalue weighted by molar-refractivity contribution is -0.133. The third-order valence-corrected chi connectivity index (χ3v) is 1.73. The lowest BCUT2D eigenvalue weighted by Crippen LogP contribution is -2.37. The molecule has 1 aromatic heterocycles. The summed E-state index contributed by atoms with van der Waals surface area (Å²) in [5, 5.41) is 2.37. The number of hydrogen-bond acceptors (Lipinski definition) is 5. The van der Waals surface area contributed by atoms with Gasteiger partial charge in [0.25, 0.3) is 11.8 Å². The fourth-order valence-corrected chi connectivity index (χ4v) is 0.948. The van der Waals surface area contributed by atoms with E-state index < -0.39 is 11.8 Å². The van der Waals surface area contributed by atoms with Gasteiger partial charge in [-0.1, -0.05) is 0 Å². The summed E-state index contributed by atoms with van der Waals surface area (Å²) in [4.78, 5) is 27.3. The number of methoxy groups -OCH3 is 1. The highest BCUT2D eigenvalue weighted by atomic mass is 16.7. The molecule has 0 aliphatic rings. The molecule has 0 unspecified atom stereocenters. The highest BCUT2D eigenvalue weighted by Crippen LogP contribution is 1.98. The lowest BCUT2D eigenvalue weighted by atomic mass is 10.4. The molecule has 7 nitrogen and oxygen atoms in total. The number of carbonyl (C=O) groups excluding carboxylic acids is 2. The van der Waals surface area contributed by atoms with Crippen molar-refractivity contribution in [2.24, 2.45) is 0 Å². The fraction of sp³-hybridized carbons (Fsp3) is 0.400. The molecule has 0 fully saturated rings. The smallest absolute Gasteiger partial charge is 0.287 e. The SMILES string of the molecule is COCCONC(=O)CNC(=O)c1ccco1. The van der Waals surface area contributed by atoms with E-state index in [0.29, 0.717) is 6.61 Å². The first-order chi connectivity index (χ1) is 8.24. The molecule has 0 atom stereocenters. The molecule has 0 bridgehead atoms. The number of hydroxylamine groups is 1. The quantitative estimate of drug-likeness (QED) is 0.506. The second-order valence-corrected chi connectivity index (χ2v) is 3.03. The number of furan rings is 1. The minimum absolute atomic E-state index is 0.151. The van der Waals surface area contributed by atoms with Gasteiger partial charge in [0, 0.05) is 7.11 Å². The first-order valence-corrected chi connectivity index (χ1v) is 4.95. The Labute approximate surface area is 98.0 Å². The van der Waals surface area contributed by atoms with Crippen molar-refractivity contribution in [3.8, 4) is 0 Å². The summed E-state index contributed by atoms with van der Waals surface area (Å²) >= 11 is 0. The number of amides is 2. The van der Waals surface area contributed by atoms with E-state index in [9.17, 15) is 9.59 Å². The van der Waals surface area contributed by atoms with Crippen molar-refractivity contribution in [2.75, 3.05) is 26.9 Å². The van der Waals surface area contributed by atoms with Crippen LogP contribution < -0.4 is 10.8 Å². The summed E-state index contributed by atoms with van der Waals surface area (Å²) in [5.74, 6) is -0.763. The van der Waals surface area contributed by atoms with Crippen LogP contribution in [0.25, 0.3) is 0 Å². The average molecular weight is 242 g/mol. The van der Waals surface area contributed by atoms with E-state index in [0.717, 1.165) is 0 Å². The third kappa shape index (κ3) is 5.14. The van der Waals surface area contributed by atoms with Crippen LogP contribution in [0.3, 0.4) is 0 Å². The van der Waals surface area contributed by atoms with Gasteiger partial charge in [-0.15, -0.1) is 0 Å². The summed E-state index contributed by atoms with van der Waals surface area (Å²) in [6.45, 7) is 0.430. The summed E-state index contributed by atoms with van der Waals surface area (Å²) in [6, 6.07) is 3.09.